The summed E-state index contributed by atoms with van der Waals surface area (Å²) in [6.07, 6.45) is 1.75. The predicted octanol–water partition coefficient (Wildman–Crippen LogP) is 3.59. The highest BCUT2D eigenvalue weighted by atomic mass is 28.3. The number of hydrogen-bond donors (Lipinski definition) is 0. The van der Waals surface area contributed by atoms with Crippen LogP contribution in [-0.2, 0) is 4.79 Å². The average Bonchev–Trinajstić information content (AvgIpc) is 2.13. The third-order valence-corrected chi connectivity index (χ3v) is 5.66. The largest absolute Gasteiger partial charge is 0.326 e. The van der Waals surface area contributed by atoms with E-state index in [1.54, 1.807) is 6.20 Å². The average molecular weight is 281 g/mol. The van der Waals surface area contributed by atoms with Gasteiger partial charge in [-0.25, -0.2) is 4.98 Å². The van der Waals surface area contributed by atoms with Crippen molar-refractivity contribution >= 4 is 28.0 Å². The van der Waals surface area contributed by atoms with Crippen molar-refractivity contribution in [2.24, 2.45) is 0 Å². The molecule has 0 saturated carbocycles. The first-order chi connectivity index (χ1) is 8.11. The van der Waals surface area contributed by atoms with Crippen LogP contribution in [0.3, 0.4) is 0 Å². The zero-order chi connectivity index (χ0) is 14.0. The van der Waals surface area contributed by atoms with Crippen molar-refractivity contribution in [2.45, 2.75) is 45.3 Å². The number of carbonyl (C=O) groups excluding carboxylic acids is 1. The Hall–Kier alpha value is -0.946. The number of pyridine rings is 1. The smallest absolute Gasteiger partial charge is 0.217 e. The van der Waals surface area contributed by atoms with Crippen LogP contribution in [0, 0.1) is 0 Å². The van der Waals surface area contributed by atoms with Gasteiger partial charge < -0.3 is 4.57 Å². The first-order valence-electron chi connectivity index (χ1n) is 6.35. The number of aromatic nitrogens is 1. The van der Waals surface area contributed by atoms with Crippen molar-refractivity contribution in [3.05, 3.63) is 24.4 Å². The number of rotatable bonds is 4. The maximum atomic E-state index is 12.6. The lowest BCUT2D eigenvalue weighted by molar-refractivity contribution is -0.115. The highest BCUT2D eigenvalue weighted by Gasteiger charge is 2.33. The Bertz CT molecular complexity index is 407. The van der Waals surface area contributed by atoms with E-state index in [2.05, 4.69) is 44.3 Å². The minimum atomic E-state index is -1.75. The molecule has 100 valence electrons. The molecule has 0 atom stereocenters. The Labute approximate surface area is 112 Å². The van der Waals surface area contributed by atoms with E-state index in [1.165, 1.54) is 0 Å². The number of nitrogens with zero attached hydrogens (tertiary/aromatic N) is 2. The molecule has 0 N–H and O–H groups in total. The summed E-state index contributed by atoms with van der Waals surface area (Å²) < 4.78 is 1.96. The summed E-state index contributed by atoms with van der Waals surface area (Å²) in [6, 6.07) is 6.44. The van der Waals surface area contributed by atoms with Crippen LogP contribution in [0.5, 0.6) is 0 Å². The Balaban J connectivity index is 3.05. The maximum Gasteiger partial charge on any atom is 0.217 e. The summed E-state index contributed by atoms with van der Waals surface area (Å²) in [5, 5.41) is 0. The summed E-state index contributed by atoms with van der Waals surface area (Å²) in [4.78, 5) is 16.9. The van der Waals surface area contributed by atoms with Crippen LogP contribution in [-0.4, -0.2) is 27.2 Å². The number of carbonyl (C=O) groups is 1. The van der Waals surface area contributed by atoms with Gasteiger partial charge >= 0.3 is 0 Å². The molecule has 0 aliphatic heterocycles. The summed E-state index contributed by atoms with van der Waals surface area (Å²) >= 11 is 0. The molecule has 0 aromatic carbocycles. The van der Waals surface area contributed by atoms with Crippen LogP contribution >= 0.6 is 0 Å². The fraction of sp³-hybridized carbons (Fsp3) is 0.538. The van der Waals surface area contributed by atoms with E-state index in [1.807, 2.05) is 22.8 Å². The number of hydrogen-bond acceptors (Lipinski definition) is 2. The van der Waals surface area contributed by atoms with Gasteiger partial charge in [-0.2, -0.15) is 0 Å². The van der Waals surface area contributed by atoms with Crippen molar-refractivity contribution in [3.8, 4) is 0 Å². The fourth-order valence-electron chi connectivity index (χ4n) is 1.86. The zero-order valence-corrected chi connectivity index (χ0v) is 14.3. The summed E-state index contributed by atoms with van der Waals surface area (Å²) in [7, 11) is -3.14. The van der Waals surface area contributed by atoms with Crippen LogP contribution < -0.4 is 4.57 Å². The van der Waals surface area contributed by atoms with E-state index in [0.29, 0.717) is 6.04 Å². The molecule has 0 spiro atoms. The van der Waals surface area contributed by atoms with Gasteiger partial charge in [0.25, 0.3) is 0 Å². The normalized spacial score (nSPS) is 12.3. The molecule has 5 heteroatoms. The van der Waals surface area contributed by atoms with Crippen molar-refractivity contribution < 1.29 is 4.79 Å². The lowest BCUT2D eigenvalue weighted by Crippen LogP contribution is -2.52. The molecule has 0 bridgehead atoms. The first-order valence-corrected chi connectivity index (χ1v) is 13.5. The summed E-state index contributed by atoms with van der Waals surface area (Å²) in [5.74, 6) is 1.05. The molecule has 0 aliphatic carbocycles. The molecule has 0 unspecified atom stereocenters. The van der Waals surface area contributed by atoms with Gasteiger partial charge in [-0.05, 0) is 12.1 Å². The van der Waals surface area contributed by atoms with Crippen molar-refractivity contribution in [3.63, 3.8) is 0 Å². The van der Waals surface area contributed by atoms with Gasteiger partial charge in [0.05, 0.1) is 8.07 Å². The topological polar surface area (TPSA) is 33.2 Å². The van der Waals surface area contributed by atoms with Gasteiger partial charge in [0, 0.05) is 12.2 Å². The van der Waals surface area contributed by atoms with Gasteiger partial charge in [-0.1, -0.05) is 45.3 Å². The third kappa shape index (κ3) is 4.38. The van der Waals surface area contributed by atoms with Crippen LogP contribution in [0.2, 0.25) is 45.3 Å². The van der Waals surface area contributed by atoms with E-state index in [0.717, 1.165) is 5.82 Å². The highest BCUT2D eigenvalue weighted by molar-refractivity contribution is 6.85. The molecule has 1 rings (SSSR count). The van der Waals surface area contributed by atoms with E-state index in [9.17, 15) is 4.79 Å². The fourth-order valence-corrected chi connectivity index (χ4v) is 4.73. The molecule has 1 aromatic rings. The molecule has 0 aliphatic rings. The molecule has 0 fully saturated rings. The van der Waals surface area contributed by atoms with Gasteiger partial charge in [-0.3, -0.25) is 4.79 Å². The van der Waals surface area contributed by atoms with Crippen LogP contribution in [0.25, 0.3) is 0 Å². The summed E-state index contributed by atoms with van der Waals surface area (Å²) in [5.41, 5.74) is 0. The molecule has 0 radical (unpaired) electrons. The van der Waals surface area contributed by atoms with Crippen LogP contribution in [0.1, 0.15) is 0 Å². The Morgan fingerprint density at radius 2 is 1.78 bits per heavy atom. The van der Waals surface area contributed by atoms with E-state index in [-0.39, 0.29) is 5.91 Å². The number of amides is 1. The minimum absolute atomic E-state index is 0.243. The Morgan fingerprint density at radius 1 is 1.17 bits per heavy atom. The molecule has 18 heavy (non-hydrogen) atoms. The maximum absolute atomic E-state index is 12.6. The van der Waals surface area contributed by atoms with Crippen LogP contribution in [0.15, 0.2) is 24.4 Å². The van der Waals surface area contributed by atoms with E-state index < -0.39 is 16.3 Å². The van der Waals surface area contributed by atoms with Gasteiger partial charge in [0.1, 0.15) is 5.82 Å². The Kier molecular flexibility index (Phi) is 4.50. The van der Waals surface area contributed by atoms with Crippen LogP contribution in [0.4, 0.5) is 5.82 Å². The lowest BCUT2D eigenvalue weighted by Gasteiger charge is -2.35. The quantitative estimate of drug-likeness (QED) is 0.790. The molecule has 1 amide bonds. The summed E-state index contributed by atoms with van der Waals surface area (Å²) in [6.45, 7) is 13.2. The molecule has 0 saturated heterocycles. The lowest BCUT2D eigenvalue weighted by atomic mass is 10.4. The van der Waals surface area contributed by atoms with E-state index >= 15 is 0 Å². The molecule has 1 heterocycles. The second-order valence-electron chi connectivity index (χ2n) is 6.83. The van der Waals surface area contributed by atoms with Gasteiger partial charge in [0.2, 0.25) is 5.91 Å². The minimum Gasteiger partial charge on any atom is -0.326 e. The molecule has 1 aromatic heterocycles. The predicted molar refractivity (Wildman–Crippen MR) is 83.2 cm³/mol. The molecule has 3 nitrogen and oxygen atoms in total. The SMILES string of the molecule is C[Si](C)(C)CC(=O)N(c1ccccn1)[Si](C)(C)C. The monoisotopic (exact) mass is 280 g/mol. The zero-order valence-electron chi connectivity index (χ0n) is 12.3. The van der Waals surface area contributed by atoms with Crippen molar-refractivity contribution in [2.75, 3.05) is 4.57 Å². The first kappa shape index (κ1) is 15.1. The second kappa shape index (κ2) is 5.36. The van der Waals surface area contributed by atoms with Crippen molar-refractivity contribution in [1.29, 1.82) is 0 Å². The molecular weight excluding hydrogens is 256 g/mol. The third-order valence-electron chi connectivity index (χ3n) is 2.48. The molecular formula is C13H24N2OSi2. The van der Waals surface area contributed by atoms with Gasteiger partial charge in [0.15, 0.2) is 8.24 Å². The van der Waals surface area contributed by atoms with E-state index in [4.69, 9.17) is 0 Å². The Morgan fingerprint density at radius 3 is 2.17 bits per heavy atom. The van der Waals surface area contributed by atoms with Gasteiger partial charge in [-0.15, -0.1) is 0 Å². The number of anilines is 1. The van der Waals surface area contributed by atoms with Crippen molar-refractivity contribution in [1.82, 2.24) is 4.98 Å². The second-order valence-corrected chi connectivity index (χ2v) is 17.1. The highest BCUT2D eigenvalue weighted by Crippen LogP contribution is 2.22. The standard InChI is InChI=1S/C13H24N2OSi2/c1-17(2,3)11-13(16)15(18(4,5)6)12-9-7-8-10-14-12/h7-10H,11H2,1-6H3.